The summed E-state index contributed by atoms with van der Waals surface area (Å²) in [4.78, 5) is 2.00. The van der Waals surface area contributed by atoms with Gasteiger partial charge in [0.25, 0.3) is 0 Å². The second kappa shape index (κ2) is 6.60. The summed E-state index contributed by atoms with van der Waals surface area (Å²) in [7, 11) is 0. The minimum absolute atomic E-state index is 0.189. The van der Waals surface area contributed by atoms with Gasteiger partial charge in [0, 0.05) is 19.5 Å². The minimum Gasteiger partial charge on any atom is -0.395 e. The monoisotopic (exact) mass is 140 g/mol. The second-order valence-electron chi connectivity index (χ2n) is 1.94. The van der Waals surface area contributed by atoms with Crippen molar-refractivity contribution < 1.29 is 5.11 Å². The standard InChI is InChI=1S/C8H14NO/c1-3-5-6-9(4-2)7-8-10/h1,6,10H,4-5,7-8H2,2H3. The van der Waals surface area contributed by atoms with Crippen LogP contribution in [0.1, 0.15) is 13.3 Å². The number of likely N-dealkylation sites (N-methyl/N-ethyl adjacent to an activating group) is 1. The van der Waals surface area contributed by atoms with E-state index in [-0.39, 0.29) is 6.61 Å². The Labute approximate surface area is 62.8 Å². The maximum Gasteiger partial charge on any atom is 0.0558 e. The van der Waals surface area contributed by atoms with Gasteiger partial charge in [-0.3, -0.25) is 4.90 Å². The fourth-order valence-electron chi connectivity index (χ4n) is 0.689. The van der Waals surface area contributed by atoms with Crippen molar-refractivity contribution in [3.8, 4) is 12.3 Å². The molecule has 0 aliphatic carbocycles. The van der Waals surface area contributed by atoms with E-state index in [2.05, 4.69) is 5.92 Å². The van der Waals surface area contributed by atoms with Crippen LogP contribution in [-0.2, 0) is 0 Å². The summed E-state index contributed by atoms with van der Waals surface area (Å²) in [6.45, 7) is 5.73. The first-order valence-corrected chi connectivity index (χ1v) is 3.46. The summed E-state index contributed by atoms with van der Waals surface area (Å²) in [6.07, 6.45) is 5.70. The zero-order valence-electron chi connectivity index (χ0n) is 6.38. The lowest BCUT2D eigenvalue weighted by Crippen LogP contribution is -2.23. The first-order valence-electron chi connectivity index (χ1n) is 3.46. The molecule has 10 heavy (non-hydrogen) atoms. The van der Waals surface area contributed by atoms with E-state index in [9.17, 15) is 0 Å². The predicted octanol–water partition coefficient (Wildman–Crippen LogP) is 0.486. The van der Waals surface area contributed by atoms with Crippen molar-refractivity contribution >= 4 is 0 Å². The van der Waals surface area contributed by atoms with Gasteiger partial charge >= 0.3 is 0 Å². The van der Waals surface area contributed by atoms with Gasteiger partial charge in [0.2, 0.25) is 0 Å². The van der Waals surface area contributed by atoms with Gasteiger partial charge in [0.1, 0.15) is 0 Å². The number of nitrogens with zero attached hydrogens (tertiary/aromatic N) is 1. The zero-order valence-corrected chi connectivity index (χ0v) is 6.38. The van der Waals surface area contributed by atoms with Gasteiger partial charge in [-0.15, -0.1) is 12.3 Å². The smallest absolute Gasteiger partial charge is 0.0558 e. The average molecular weight is 140 g/mol. The molecule has 2 heteroatoms. The molecule has 0 saturated heterocycles. The molecule has 0 spiro atoms. The molecule has 0 aromatic rings. The number of rotatable bonds is 5. The minimum atomic E-state index is 0.189. The van der Waals surface area contributed by atoms with E-state index in [0.29, 0.717) is 13.0 Å². The molecule has 1 radical (unpaired) electrons. The van der Waals surface area contributed by atoms with Gasteiger partial charge in [-0.1, -0.05) is 6.92 Å². The molecule has 0 saturated carbocycles. The van der Waals surface area contributed by atoms with Crippen molar-refractivity contribution in [1.82, 2.24) is 4.90 Å². The van der Waals surface area contributed by atoms with Crippen molar-refractivity contribution in [2.45, 2.75) is 13.3 Å². The Morgan fingerprint density at radius 2 is 2.40 bits per heavy atom. The molecule has 0 aromatic carbocycles. The van der Waals surface area contributed by atoms with Crippen molar-refractivity contribution in [3.05, 3.63) is 6.54 Å². The molecule has 0 atom stereocenters. The largest absolute Gasteiger partial charge is 0.395 e. The molecule has 0 aliphatic rings. The normalized spacial score (nSPS) is 9.80. The third kappa shape index (κ3) is 4.37. The molecule has 2 nitrogen and oxygen atoms in total. The Kier molecular flexibility index (Phi) is 6.25. The molecular formula is C8H14NO. The summed E-state index contributed by atoms with van der Waals surface area (Å²) in [5, 5.41) is 8.55. The average Bonchev–Trinajstić information content (AvgIpc) is 1.98. The molecule has 57 valence electrons. The van der Waals surface area contributed by atoms with Crippen LogP contribution in [0.5, 0.6) is 0 Å². The highest BCUT2D eigenvalue weighted by Gasteiger charge is 1.98. The Balaban J connectivity index is 3.32. The number of hydrogen-bond acceptors (Lipinski definition) is 2. The molecule has 0 bridgehead atoms. The van der Waals surface area contributed by atoms with Crippen LogP contribution in [-0.4, -0.2) is 29.7 Å². The highest BCUT2D eigenvalue weighted by molar-refractivity contribution is 4.90. The van der Waals surface area contributed by atoms with E-state index in [4.69, 9.17) is 11.5 Å². The van der Waals surface area contributed by atoms with E-state index in [0.717, 1.165) is 6.54 Å². The van der Waals surface area contributed by atoms with Gasteiger partial charge in [0.05, 0.1) is 6.61 Å². The summed E-state index contributed by atoms with van der Waals surface area (Å²) in [5.74, 6) is 2.51. The number of terminal acetylenes is 1. The van der Waals surface area contributed by atoms with Crippen molar-refractivity contribution in [3.63, 3.8) is 0 Å². The lowest BCUT2D eigenvalue weighted by Gasteiger charge is -2.16. The zero-order chi connectivity index (χ0) is 7.82. The van der Waals surface area contributed by atoms with Crippen LogP contribution in [0.4, 0.5) is 0 Å². The summed E-state index contributed by atoms with van der Waals surface area (Å²) in [6, 6.07) is 0. The van der Waals surface area contributed by atoms with Crippen LogP contribution >= 0.6 is 0 Å². The third-order valence-corrected chi connectivity index (χ3v) is 1.26. The van der Waals surface area contributed by atoms with E-state index >= 15 is 0 Å². The van der Waals surface area contributed by atoms with Crippen molar-refractivity contribution in [1.29, 1.82) is 0 Å². The fraction of sp³-hybridized carbons (Fsp3) is 0.625. The van der Waals surface area contributed by atoms with E-state index in [1.807, 2.05) is 18.4 Å². The number of aliphatic hydroxyl groups excluding tert-OH is 1. The predicted molar refractivity (Wildman–Crippen MR) is 42.1 cm³/mol. The molecule has 0 fully saturated rings. The summed E-state index contributed by atoms with van der Waals surface area (Å²) in [5.41, 5.74) is 0. The van der Waals surface area contributed by atoms with Gasteiger partial charge in [0.15, 0.2) is 0 Å². The second-order valence-corrected chi connectivity index (χ2v) is 1.94. The highest BCUT2D eigenvalue weighted by Crippen LogP contribution is 1.94. The summed E-state index contributed by atoms with van der Waals surface area (Å²) < 4.78 is 0. The molecule has 1 N–H and O–H groups in total. The lowest BCUT2D eigenvalue weighted by molar-refractivity contribution is 0.227. The Morgan fingerprint density at radius 3 is 2.80 bits per heavy atom. The molecule has 0 aromatic heterocycles. The molecular weight excluding hydrogens is 126 g/mol. The third-order valence-electron chi connectivity index (χ3n) is 1.26. The lowest BCUT2D eigenvalue weighted by atomic mass is 10.4. The molecule has 0 amide bonds. The van der Waals surface area contributed by atoms with Crippen LogP contribution in [0.15, 0.2) is 0 Å². The van der Waals surface area contributed by atoms with Crippen molar-refractivity contribution in [2.24, 2.45) is 0 Å². The van der Waals surface area contributed by atoms with Crippen LogP contribution in [0.3, 0.4) is 0 Å². The van der Waals surface area contributed by atoms with Gasteiger partial charge < -0.3 is 5.11 Å². The first-order chi connectivity index (χ1) is 4.85. The molecule has 0 unspecified atom stereocenters. The SMILES string of the molecule is C#CC[CH]N(CC)CCO. The van der Waals surface area contributed by atoms with Gasteiger partial charge in [-0.2, -0.15) is 0 Å². The van der Waals surface area contributed by atoms with E-state index in [1.54, 1.807) is 0 Å². The first kappa shape index (κ1) is 9.48. The number of aliphatic hydroxyl groups is 1. The summed E-state index contributed by atoms with van der Waals surface area (Å²) >= 11 is 0. The van der Waals surface area contributed by atoms with Crippen LogP contribution in [0.2, 0.25) is 0 Å². The quantitative estimate of drug-likeness (QED) is 0.562. The van der Waals surface area contributed by atoms with E-state index in [1.165, 1.54) is 0 Å². The van der Waals surface area contributed by atoms with E-state index < -0.39 is 0 Å². The van der Waals surface area contributed by atoms with Crippen molar-refractivity contribution in [2.75, 3.05) is 19.7 Å². The Morgan fingerprint density at radius 1 is 1.70 bits per heavy atom. The number of hydrogen-bond donors (Lipinski definition) is 1. The molecule has 0 rings (SSSR count). The molecule has 0 heterocycles. The Hall–Kier alpha value is -0.520. The van der Waals surface area contributed by atoms with Crippen LogP contribution in [0, 0.1) is 18.9 Å². The fourth-order valence-corrected chi connectivity index (χ4v) is 0.689. The van der Waals surface area contributed by atoms with Gasteiger partial charge in [-0.05, 0) is 6.54 Å². The maximum atomic E-state index is 8.55. The highest BCUT2D eigenvalue weighted by atomic mass is 16.3. The van der Waals surface area contributed by atoms with Crippen LogP contribution < -0.4 is 0 Å². The Bertz CT molecular complexity index is 106. The maximum absolute atomic E-state index is 8.55. The topological polar surface area (TPSA) is 23.5 Å². The molecule has 0 aliphatic heterocycles. The van der Waals surface area contributed by atoms with Crippen LogP contribution in [0.25, 0.3) is 0 Å². The van der Waals surface area contributed by atoms with Gasteiger partial charge in [-0.25, -0.2) is 0 Å².